The van der Waals surface area contributed by atoms with Crippen LogP contribution in [0.4, 0.5) is 0 Å². The average Bonchev–Trinajstić information content (AvgIpc) is 3.11. The van der Waals surface area contributed by atoms with E-state index in [-0.39, 0.29) is 5.91 Å². The molecule has 0 saturated heterocycles. The van der Waals surface area contributed by atoms with Crippen LogP contribution in [0, 0.1) is 5.92 Å². The molecule has 1 heterocycles. The first-order valence-corrected chi connectivity index (χ1v) is 6.41. The second-order valence-electron chi connectivity index (χ2n) is 4.48. The largest absolute Gasteiger partial charge is 0.391 e. The lowest BCUT2D eigenvalue weighted by atomic mass is 10.2. The van der Waals surface area contributed by atoms with Crippen molar-refractivity contribution in [2.75, 3.05) is 13.6 Å². The summed E-state index contributed by atoms with van der Waals surface area (Å²) in [5.74, 6) is 0.268. The molecule has 1 aliphatic rings. The highest BCUT2D eigenvalue weighted by Crippen LogP contribution is 2.32. The number of aliphatic hydroxyl groups is 1. The van der Waals surface area contributed by atoms with Crippen LogP contribution in [0.25, 0.3) is 0 Å². The number of carbonyl (C=O) groups excluding carboxylic acids is 1. The molecular formula is C12H15BrN2O2. The van der Waals surface area contributed by atoms with Gasteiger partial charge in [-0.2, -0.15) is 0 Å². The minimum Gasteiger partial charge on any atom is -0.391 e. The Morgan fingerprint density at radius 3 is 2.94 bits per heavy atom. The molecule has 92 valence electrons. The number of nitrogens with zero attached hydrogens (tertiary/aromatic N) is 2. The summed E-state index contributed by atoms with van der Waals surface area (Å²) in [6, 6.07) is 1.73. The highest BCUT2D eigenvalue weighted by Gasteiger charge is 2.31. The van der Waals surface area contributed by atoms with E-state index in [9.17, 15) is 9.90 Å². The van der Waals surface area contributed by atoms with Crippen molar-refractivity contribution in [3.8, 4) is 0 Å². The molecule has 1 aliphatic carbocycles. The van der Waals surface area contributed by atoms with E-state index >= 15 is 0 Å². The van der Waals surface area contributed by atoms with E-state index in [0.29, 0.717) is 18.0 Å². The van der Waals surface area contributed by atoms with Crippen LogP contribution in [0.5, 0.6) is 0 Å². The molecule has 1 N–H and O–H groups in total. The fourth-order valence-corrected chi connectivity index (χ4v) is 2.11. The summed E-state index contributed by atoms with van der Waals surface area (Å²) >= 11 is 3.28. The summed E-state index contributed by atoms with van der Waals surface area (Å²) in [4.78, 5) is 17.5. The highest BCUT2D eigenvalue weighted by atomic mass is 79.9. The minimum atomic E-state index is -0.399. The van der Waals surface area contributed by atoms with Crippen molar-refractivity contribution in [1.82, 2.24) is 9.88 Å². The maximum absolute atomic E-state index is 12.0. The van der Waals surface area contributed by atoms with E-state index in [2.05, 4.69) is 20.9 Å². The van der Waals surface area contributed by atoms with Crippen LogP contribution in [0.2, 0.25) is 0 Å². The number of rotatable bonds is 4. The van der Waals surface area contributed by atoms with Gasteiger partial charge in [-0.15, -0.1) is 0 Å². The van der Waals surface area contributed by atoms with Gasteiger partial charge in [0.2, 0.25) is 0 Å². The zero-order valence-corrected chi connectivity index (χ0v) is 11.2. The first kappa shape index (κ1) is 12.5. The first-order valence-electron chi connectivity index (χ1n) is 5.62. The summed E-state index contributed by atoms with van der Waals surface area (Å²) in [7, 11) is 1.70. The average molecular weight is 299 g/mol. The van der Waals surface area contributed by atoms with Gasteiger partial charge in [-0.25, -0.2) is 0 Å². The number of hydrogen-bond donors (Lipinski definition) is 1. The Bertz CT molecular complexity index is 421. The Morgan fingerprint density at radius 2 is 2.35 bits per heavy atom. The van der Waals surface area contributed by atoms with Gasteiger partial charge in [-0.3, -0.25) is 9.78 Å². The van der Waals surface area contributed by atoms with Crippen LogP contribution in [-0.4, -0.2) is 40.6 Å². The third-order valence-electron chi connectivity index (χ3n) is 2.93. The van der Waals surface area contributed by atoms with E-state index < -0.39 is 6.10 Å². The SMILES string of the molecule is CN(CC(O)C1CC1)C(=O)c1cncc(Br)c1. The molecule has 0 aliphatic heterocycles. The molecule has 1 aromatic rings. The molecule has 1 aromatic heterocycles. The predicted octanol–water partition coefficient (Wildman–Crippen LogP) is 1.69. The second-order valence-corrected chi connectivity index (χ2v) is 5.40. The molecule has 0 bridgehead atoms. The van der Waals surface area contributed by atoms with Gasteiger partial charge >= 0.3 is 0 Å². The summed E-state index contributed by atoms with van der Waals surface area (Å²) in [6.07, 6.45) is 4.91. The molecule has 1 fully saturated rings. The van der Waals surface area contributed by atoms with Gasteiger partial charge in [0.1, 0.15) is 0 Å². The number of carbonyl (C=O) groups is 1. The summed E-state index contributed by atoms with van der Waals surface area (Å²) in [5, 5.41) is 9.79. The van der Waals surface area contributed by atoms with Crippen molar-refractivity contribution in [2.45, 2.75) is 18.9 Å². The van der Waals surface area contributed by atoms with Crippen molar-refractivity contribution in [3.05, 3.63) is 28.5 Å². The first-order chi connectivity index (χ1) is 8.08. The zero-order valence-electron chi connectivity index (χ0n) is 9.64. The van der Waals surface area contributed by atoms with E-state index in [1.165, 1.54) is 6.20 Å². The summed E-state index contributed by atoms with van der Waals surface area (Å²) in [6.45, 7) is 0.385. The molecule has 4 nitrogen and oxygen atoms in total. The third-order valence-corrected chi connectivity index (χ3v) is 3.36. The second kappa shape index (κ2) is 5.14. The van der Waals surface area contributed by atoms with Crippen molar-refractivity contribution in [3.63, 3.8) is 0 Å². The number of aromatic nitrogens is 1. The molecule has 0 aromatic carbocycles. The van der Waals surface area contributed by atoms with Crippen LogP contribution in [-0.2, 0) is 0 Å². The number of aliphatic hydroxyl groups excluding tert-OH is 1. The molecule has 1 unspecified atom stereocenters. The standard InChI is InChI=1S/C12H15BrN2O2/c1-15(7-11(16)8-2-3-8)12(17)9-4-10(13)6-14-5-9/h4-6,8,11,16H,2-3,7H2,1H3. The number of hydrogen-bond acceptors (Lipinski definition) is 3. The molecule has 0 radical (unpaired) electrons. The van der Waals surface area contributed by atoms with E-state index in [0.717, 1.165) is 17.3 Å². The Morgan fingerprint density at radius 1 is 1.65 bits per heavy atom. The van der Waals surface area contributed by atoms with Gasteiger partial charge in [0.15, 0.2) is 0 Å². The van der Waals surface area contributed by atoms with Gasteiger partial charge in [0, 0.05) is 30.5 Å². The van der Waals surface area contributed by atoms with Gasteiger partial charge in [0.25, 0.3) is 5.91 Å². The molecule has 1 saturated carbocycles. The Kier molecular flexibility index (Phi) is 3.79. The van der Waals surface area contributed by atoms with Crippen LogP contribution >= 0.6 is 15.9 Å². The number of amides is 1. The molecule has 17 heavy (non-hydrogen) atoms. The normalized spacial score (nSPS) is 16.6. The molecule has 1 atom stereocenters. The fourth-order valence-electron chi connectivity index (χ4n) is 1.74. The van der Waals surface area contributed by atoms with Crippen LogP contribution in [0.15, 0.2) is 22.9 Å². The molecule has 5 heteroatoms. The molecule has 0 spiro atoms. The zero-order chi connectivity index (χ0) is 12.4. The number of likely N-dealkylation sites (N-methyl/N-ethyl adjacent to an activating group) is 1. The third kappa shape index (κ3) is 3.26. The molecular weight excluding hydrogens is 284 g/mol. The Labute approximate surface area is 109 Å². The van der Waals surface area contributed by atoms with Gasteiger partial charge in [-0.1, -0.05) is 0 Å². The maximum Gasteiger partial charge on any atom is 0.255 e. The van der Waals surface area contributed by atoms with Gasteiger partial charge in [0.05, 0.1) is 11.7 Å². The lowest BCUT2D eigenvalue weighted by Gasteiger charge is -2.20. The quantitative estimate of drug-likeness (QED) is 0.920. The van der Waals surface area contributed by atoms with Crippen LogP contribution in [0.1, 0.15) is 23.2 Å². The van der Waals surface area contributed by atoms with Crippen molar-refractivity contribution >= 4 is 21.8 Å². The minimum absolute atomic E-state index is 0.112. The molecule has 1 amide bonds. The van der Waals surface area contributed by atoms with E-state index in [1.807, 2.05) is 0 Å². The monoisotopic (exact) mass is 298 g/mol. The fraction of sp³-hybridized carbons (Fsp3) is 0.500. The van der Waals surface area contributed by atoms with Crippen molar-refractivity contribution in [2.24, 2.45) is 5.92 Å². The maximum atomic E-state index is 12.0. The summed E-state index contributed by atoms with van der Waals surface area (Å²) < 4.78 is 0.777. The van der Waals surface area contributed by atoms with Crippen LogP contribution < -0.4 is 0 Å². The summed E-state index contributed by atoms with van der Waals surface area (Å²) in [5.41, 5.74) is 0.532. The Hall–Kier alpha value is -0.940. The Balaban J connectivity index is 1.98. The van der Waals surface area contributed by atoms with Gasteiger partial charge < -0.3 is 10.0 Å². The number of halogens is 1. The molecule has 2 rings (SSSR count). The van der Waals surface area contributed by atoms with Gasteiger partial charge in [-0.05, 0) is 40.8 Å². The smallest absolute Gasteiger partial charge is 0.255 e. The van der Waals surface area contributed by atoms with E-state index in [1.54, 1.807) is 24.2 Å². The van der Waals surface area contributed by atoms with Crippen molar-refractivity contribution < 1.29 is 9.90 Å². The van der Waals surface area contributed by atoms with Crippen molar-refractivity contribution in [1.29, 1.82) is 0 Å². The van der Waals surface area contributed by atoms with Crippen LogP contribution in [0.3, 0.4) is 0 Å². The number of pyridine rings is 1. The highest BCUT2D eigenvalue weighted by molar-refractivity contribution is 9.10. The topological polar surface area (TPSA) is 53.4 Å². The lowest BCUT2D eigenvalue weighted by Crippen LogP contribution is -2.35. The predicted molar refractivity (Wildman–Crippen MR) is 67.6 cm³/mol. The lowest BCUT2D eigenvalue weighted by molar-refractivity contribution is 0.0645. The van der Waals surface area contributed by atoms with E-state index in [4.69, 9.17) is 0 Å².